The van der Waals surface area contributed by atoms with Crippen LogP contribution in [0.5, 0.6) is 0 Å². The molecule has 3 rings (SSSR count). The molecule has 0 aromatic heterocycles. The molecule has 0 amide bonds. The average Bonchev–Trinajstić information content (AvgIpc) is 2.81. The monoisotopic (exact) mass is 205 g/mol. The Kier molecular flexibility index (Phi) is 1.65. The summed E-state index contributed by atoms with van der Waals surface area (Å²) >= 11 is 0. The maximum atomic E-state index is 11.5. The normalized spacial score (nSPS) is 40.8. The van der Waals surface area contributed by atoms with Crippen LogP contribution in [0, 0.1) is 17.8 Å². The molecule has 3 aliphatic rings. The summed E-state index contributed by atoms with van der Waals surface area (Å²) in [6.45, 7) is 3.62. The van der Waals surface area contributed by atoms with Gasteiger partial charge in [0.05, 0.1) is 0 Å². The molecule has 0 N–H and O–H groups in total. The van der Waals surface area contributed by atoms with E-state index in [2.05, 4.69) is 17.1 Å². The van der Waals surface area contributed by atoms with Gasteiger partial charge in [0.25, 0.3) is 0 Å². The van der Waals surface area contributed by atoms with Crippen LogP contribution < -0.4 is 0 Å². The van der Waals surface area contributed by atoms with Crippen molar-refractivity contribution in [3.63, 3.8) is 0 Å². The van der Waals surface area contributed by atoms with Gasteiger partial charge in [0, 0.05) is 5.92 Å². The number of carbonyl (C=O) groups excluding carboxylic acids is 1. The molecule has 0 radical (unpaired) electrons. The smallest absolute Gasteiger partial charge is 0.340 e. The van der Waals surface area contributed by atoms with Gasteiger partial charge in [-0.3, -0.25) is 0 Å². The predicted molar refractivity (Wildman–Crippen MR) is 56.5 cm³/mol. The van der Waals surface area contributed by atoms with Crippen LogP contribution in [0.3, 0.4) is 0 Å². The van der Waals surface area contributed by atoms with Crippen LogP contribution in [-0.2, 0) is 9.53 Å². The first-order valence-corrected chi connectivity index (χ1v) is 5.56. The Morgan fingerprint density at radius 2 is 2.20 bits per heavy atom. The number of rotatable bonds is 1. The van der Waals surface area contributed by atoms with E-state index >= 15 is 0 Å². The standard InChI is InChI=1S/C12H15NO2/c1-12(2)11(14)15-10(13-12)9-6-7-3-4-8(9)5-7/h3-4,7-9H,5-6H2,1-2H3/t7-,8+,9-/m1/s1. The van der Waals surface area contributed by atoms with Gasteiger partial charge in [0.15, 0.2) is 11.4 Å². The maximum Gasteiger partial charge on any atom is 0.340 e. The van der Waals surface area contributed by atoms with E-state index in [-0.39, 0.29) is 5.97 Å². The lowest BCUT2D eigenvalue weighted by Gasteiger charge is -2.16. The molecule has 3 atom stereocenters. The van der Waals surface area contributed by atoms with Crippen molar-refractivity contribution in [3.8, 4) is 0 Å². The average molecular weight is 205 g/mol. The Morgan fingerprint density at radius 3 is 2.67 bits per heavy atom. The van der Waals surface area contributed by atoms with Gasteiger partial charge in [-0.15, -0.1) is 0 Å². The first kappa shape index (κ1) is 9.13. The van der Waals surface area contributed by atoms with Gasteiger partial charge >= 0.3 is 5.97 Å². The van der Waals surface area contributed by atoms with Crippen molar-refractivity contribution in [1.82, 2.24) is 0 Å². The number of hydrogen-bond acceptors (Lipinski definition) is 3. The molecule has 3 nitrogen and oxygen atoms in total. The van der Waals surface area contributed by atoms with Crippen molar-refractivity contribution in [2.75, 3.05) is 0 Å². The van der Waals surface area contributed by atoms with Gasteiger partial charge in [0.1, 0.15) is 0 Å². The van der Waals surface area contributed by atoms with Crippen LogP contribution in [0.1, 0.15) is 26.7 Å². The first-order valence-electron chi connectivity index (χ1n) is 5.56. The van der Waals surface area contributed by atoms with E-state index in [0.29, 0.717) is 23.7 Å². The number of cyclic esters (lactones) is 1. The Morgan fingerprint density at radius 1 is 1.40 bits per heavy atom. The Hall–Kier alpha value is -1.12. The molecule has 3 heteroatoms. The fourth-order valence-corrected chi connectivity index (χ4v) is 2.79. The number of carbonyl (C=O) groups is 1. The third kappa shape index (κ3) is 1.25. The Balaban J connectivity index is 1.86. The highest BCUT2D eigenvalue weighted by Crippen LogP contribution is 2.45. The number of allylic oxidation sites excluding steroid dienone is 2. The third-order valence-corrected chi connectivity index (χ3v) is 3.68. The number of aliphatic imine (C=N–C) groups is 1. The number of nitrogens with zero attached hydrogens (tertiary/aromatic N) is 1. The molecule has 1 aliphatic heterocycles. The minimum atomic E-state index is -0.666. The second-order valence-corrected chi connectivity index (χ2v) is 5.29. The highest BCUT2D eigenvalue weighted by atomic mass is 16.6. The SMILES string of the molecule is CC1(C)N=C([C@@H]2C[C@@H]3C=C[C@H]2C3)OC1=O. The van der Waals surface area contributed by atoms with Gasteiger partial charge in [-0.25, -0.2) is 9.79 Å². The van der Waals surface area contributed by atoms with E-state index in [1.54, 1.807) is 0 Å². The molecule has 0 aromatic carbocycles. The van der Waals surface area contributed by atoms with E-state index < -0.39 is 5.54 Å². The summed E-state index contributed by atoms with van der Waals surface area (Å²) in [6.07, 6.45) is 6.84. The van der Waals surface area contributed by atoms with Gasteiger partial charge in [0.2, 0.25) is 0 Å². The third-order valence-electron chi connectivity index (χ3n) is 3.68. The molecule has 0 saturated heterocycles. The molecule has 2 aliphatic carbocycles. The van der Waals surface area contributed by atoms with Crippen LogP contribution in [-0.4, -0.2) is 17.4 Å². The van der Waals surface area contributed by atoms with Crippen LogP contribution in [0.15, 0.2) is 17.1 Å². The Labute approximate surface area is 89.2 Å². The zero-order valence-electron chi connectivity index (χ0n) is 9.06. The van der Waals surface area contributed by atoms with Gasteiger partial charge in [-0.1, -0.05) is 12.2 Å². The molecule has 0 spiro atoms. The molecule has 15 heavy (non-hydrogen) atoms. The van der Waals surface area contributed by atoms with Crippen LogP contribution in [0.2, 0.25) is 0 Å². The number of ether oxygens (including phenoxy) is 1. The fraction of sp³-hybridized carbons (Fsp3) is 0.667. The van der Waals surface area contributed by atoms with E-state index in [4.69, 9.17) is 4.74 Å². The summed E-state index contributed by atoms with van der Waals surface area (Å²) in [5.74, 6) is 2.07. The molecular formula is C12H15NO2. The summed E-state index contributed by atoms with van der Waals surface area (Å²) in [7, 11) is 0. The number of esters is 1. The zero-order chi connectivity index (χ0) is 10.6. The summed E-state index contributed by atoms with van der Waals surface area (Å²) in [5.41, 5.74) is -0.666. The maximum absolute atomic E-state index is 11.5. The lowest BCUT2D eigenvalue weighted by molar-refractivity contribution is -0.138. The fourth-order valence-electron chi connectivity index (χ4n) is 2.79. The number of fused-ring (bicyclic) bond motifs is 2. The van der Waals surface area contributed by atoms with Crippen molar-refractivity contribution in [2.45, 2.75) is 32.2 Å². The lowest BCUT2D eigenvalue weighted by Crippen LogP contribution is -2.25. The molecule has 1 saturated carbocycles. The lowest BCUT2D eigenvalue weighted by atomic mass is 9.93. The molecule has 0 aromatic rings. The van der Waals surface area contributed by atoms with Gasteiger partial charge in [-0.05, 0) is 38.5 Å². The highest BCUT2D eigenvalue weighted by molar-refractivity contribution is 6.00. The predicted octanol–water partition coefficient (Wildman–Crippen LogP) is 1.93. The van der Waals surface area contributed by atoms with Crippen LogP contribution >= 0.6 is 0 Å². The van der Waals surface area contributed by atoms with Gasteiger partial charge in [-0.2, -0.15) is 0 Å². The summed E-state index contributed by atoms with van der Waals surface area (Å²) in [6, 6.07) is 0. The number of hydrogen-bond donors (Lipinski definition) is 0. The minimum Gasteiger partial charge on any atom is -0.410 e. The van der Waals surface area contributed by atoms with Crippen molar-refractivity contribution in [3.05, 3.63) is 12.2 Å². The zero-order valence-corrected chi connectivity index (χ0v) is 9.06. The van der Waals surface area contributed by atoms with E-state index in [1.165, 1.54) is 6.42 Å². The van der Waals surface area contributed by atoms with Crippen molar-refractivity contribution < 1.29 is 9.53 Å². The van der Waals surface area contributed by atoms with Crippen molar-refractivity contribution in [1.29, 1.82) is 0 Å². The van der Waals surface area contributed by atoms with E-state index in [1.807, 2.05) is 13.8 Å². The molecule has 2 bridgehead atoms. The molecule has 1 heterocycles. The minimum absolute atomic E-state index is 0.204. The summed E-state index contributed by atoms with van der Waals surface area (Å²) in [5, 5.41) is 0. The second kappa shape index (κ2) is 2.71. The van der Waals surface area contributed by atoms with Crippen LogP contribution in [0.4, 0.5) is 0 Å². The van der Waals surface area contributed by atoms with Gasteiger partial charge < -0.3 is 4.74 Å². The first-order chi connectivity index (χ1) is 7.06. The quantitative estimate of drug-likeness (QED) is 0.484. The highest BCUT2D eigenvalue weighted by Gasteiger charge is 2.45. The summed E-state index contributed by atoms with van der Waals surface area (Å²) < 4.78 is 5.29. The topological polar surface area (TPSA) is 38.7 Å². The van der Waals surface area contributed by atoms with Crippen molar-refractivity contribution >= 4 is 11.9 Å². The molecule has 0 unspecified atom stereocenters. The van der Waals surface area contributed by atoms with E-state index in [0.717, 1.165) is 6.42 Å². The largest absolute Gasteiger partial charge is 0.410 e. The van der Waals surface area contributed by atoms with Crippen molar-refractivity contribution in [2.24, 2.45) is 22.7 Å². The summed E-state index contributed by atoms with van der Waals surface area (Å²) in [4.78, 5) is 15.9. The molecule has 80 valence electrons. The molecule has 1 fully saturated rings. The van der Waals surface area contributed by atoms with E-state index in [9.17, 15) is 4.79 Å². The second-order valence-electron chi connectivity index (χ2n) is 5.29. The Bertz CT molecular complexity index is 381. The molecular weight excluding hydrogens is 190 g/mol. The van der Waals surface area contributed by atoms with Crippen LogP contribution in [0.25, 0.3) is 0 Å².